The zero-order valence-corrected chi connectivity index (χ0v) is 10.3. The molecule has 4 heteroatoms. The molecule has 1 atom stereocenters. The van der Waals surface area contributed by atoms with Gasteiger partial charge in [0.25, 0.3) is 0 Å². The first-order valence-electron chi connectivity index (χ1n) is 5.35. The molecule has 80 valence electrons. The van der Waals surface area contributed by atoms with Gasteiger partial charge in [-0.3, -0.25) is 0 Å². The van der Waals surface area contributed by atoms with Crippen LogP contribution in [0.25, 0.3) is 0 Å². The van der Waals surface area contributed by atoms with Crippen molar-refractivity contribution < 1.29 is 0 Å². The SMILES string of the molecule is CCCCCCCC1NC(=S)NC1=S. The lowest BCUT2D eigenvalue weighted by Gasteiger charge is -2.08. The van der Waals surface area contributed by atoms with E-state index in [0.29, 0.717) is 11.2 Å². The fourth-order valence-electron chi connectivity index (χ4n) is 1.61. The van der Waals surface area contributed by atoms with E-state index in [1.54, 1.807) is 0 Å². The van der Waals surface area contributed by atoms with Crippen molar-refractivity contribution >= 4 is 34.5 Å². The minimum atomic E-state index is 0.291. The van der Waals surface area contributed by atoms with Crippen LogP contribution in [0, 0.1) is 0 Å². The molecule has 1 unspecified atom stereocenters. The van der Waals surface area contributed by atoms with Crippen molar-refractivity contribution in [2.75, 3.05) is 0 Å². The average Bonchev–Trinajstić information content (AvgIpc) is 2.45. The van der Waals surface area contributed by atoms with Crippen molar-refractivity contribution in [3.8, 4) is 0 Å². The summed E-state index contributed by atoms with van der Waals surface area (Å²) in [6.45, 7) is 2.23. The van der Waals surface area contributed by atoms with Gasteiger partial charge in [-0.05, 0) is 18.6 Å². The molecule has 1 fully saturated rings. The van der Waals surface area contributed by atoms with Gasteiger partial charge in [-0.15, -0.1) is 0 Å². The van der Waals surface area contributed by atoms with E-state index in [-0.39, 0.29) is 0 Å². The van der Waals surface area contributed by atoms with Crippen LogP contribution in [-0.4, -0.2) is 16.1 Å². The van der Waals surface area contributed by atoms with Crippen LogP contribution >= 0.6 is 24.4 Å². The summed E-state index contributed by atoms with van der Waals surface area (Å²) in [6.07, 6.45) is 7.64. The first-order valence-corrected chi connectivity index (χ1v) is 6.17. The monoisotopic (exact) mass is 230 g/mol. The molecule has 0 aromatic carbocycles. The van der Waals surface area contributed by atoms with E-state index in [1.165, 1.54) is 32.1 Å². The maximum Gasteiger partial charge on any atom is 0.171 e. The summed E-state index contributed by atoms with van der Waals surface area (Å²) in [5.41, 5.74) is 0. The highest BCUT2D eigenvalue weighted by atomic mass is 32.1. The van der Waals surface area contributed by atoms with Gasteiger partial charge in [0.15, 0.2) is 5.11 Å². The Morgan fingerprint density at radius 1 is 1.14 bits per heavy atom. The van der Waals surface area contributed by atoms with Gasteiger partial charge in [0, 0.05) is 0 Å². The molecule has 0 amide bonds. The van der Waals surface area contributed by atoms with Crippen LogP contribution in [0.3, 0.4) is 0 Å². The van der Waals surface area contributed by atoms with E-state index in [2.05, 4.69) is 17.6 Å². The van der Waals surface area contributed by atoms with E-state index < -0.39 is 0 Å². The van der Waals surface area contributed by atoms with Crippen molar-refractivity contribution in [3.63, 3.8) is 0 Å². The van der Waals surface area contributed by atoms with Gasteiger partial charge in [-0.2, -0.15) is 0 Å². The molecule has 0 aliphatic carbocycles. The fourth-order valence-corrected chi connectivity index (χ4v) is 2.21. The second-order valence-electron chi connectivity index (χ2n) is 3.72. The Kier molecular flexibility index (Phi) is 5.33. The minimum Gasteiger partial charge on any atom is -0.353 e. The lowest BCUT2D eigenvalue weighted by Crippen LogP contribution is -2.27. The van der Waals surface area contributed by atoms with E-state index in [0.717, 1.165) is 11.4 Å². The van der Waals surface area contributed by atoms with Crippen LogP contribution in [0.1, 0.15) is 45.4 Å². The zero-order chi connectivity index (χ0) is 10.4. The van der Waals surface area contributed by atoms with E-state index in [1.807, 2.05) is 0 Å². The number of nitrogens with one attached hydrogen (secondary N) is 2. The predicted octanol–water partition coefficient (Wildman–Crippen LogP) is 2.52. The van der Waals surface area contributed by atoms with Gasteiger partial charge in [0.1, 0.15) is 4.99 Å². The Morgan fingerprint density at radius 2 is 1.86 bits per heavy atom. The zero-order valence-electron chi connectivity index (χ0n) is 8.64. The van der Waals surface area contributed by atoms with Crippen molar-refractivity contribution in [1.29, 1.82) is 0 Å². The summed E-state index contributed by atoms with van der Waals surface area (Å²) < 4.78 is 0. The standard InChI is InChI=1S/C10H18N2S2/c1-2-3-4-5-6-7-8-9(13)12-10(14)11-8/h8H,2-7H2,1H3,(H2,11,12,13,14). The smallest absolute Gasteiger partial charge is 0.171 e. The Hall–Kier alpha value is -0.220. The Labute approximate surface area is 96.8 Å². The van der Waals surface area contributed by atoms with Gasteiger partial charge in [-0.25, -0.2) is 0 Å². The van der Waals surface area contributed by atoms with Gasteiger partial charge in [-0.1, -0.05) is 51.2 Å². The van der Waals surface area contributed by atoms with E-state index in [9.17, 15) is 0 Å². The number of hydrogen-bond donors (Lipinski definition) is 2. The van der Waals surface area contributed by atoms with Gasteiger partial charge in [0.05, 0.1) is 6.04 Å². The number of thiocarbonyl (C=S) groups is 2. The van der Waals surface area contributed by atoms with Crippen molar-refractivity contribution in [3.05, 3.63) is 0 Å². The first-order chi connectivity index (χ1) is 6.74. The molecule has 1 aliphatic rings. The second kappa shape index (κ2) is 6.30. The number of hydrogen-bond acceptors (Lipinski definition) is 2. The maximum atomic E-state index is 5.16. The molecule has 0 aromatic heterocycles. The van der Waals surface area contributed by atoms with Crippen LogP contribution in [-0.2, 0) is 0 Å². The van der Waals surface area contributed by atoms with Gasteiger partial charge < -0.3 is 10.6 Å². The van der Waals surface area contributed by atoms with Gasteiger partial charge in [0.2, 0.25) is 0 Å². The third-order valence-corrected chi connectivity index (χ3v) is 3.06. The normalized spacial score (nSPS) is 20.8. The van der Waals surface area contributed by atoms with Crippen LogP contribution in [0.5, 0.6) is 0 Å². The molecule has 0 saturated carbocycles. The maximum absolute atomic E-state index is 5.16. The summed E-state index contributed by atoms with van der Waals surface area (Å²) in [6, 6.07) is 0.291. The number of unbranched alkanes of at least 4 members (excludes halogenated alkanes) is 4. The van der Waals surface area contributed by atoms with Crippen LogP contribution < -0.4 is 10.6 Å². The molecule has 1 heterocycles. The van der Waals surface area contributed by atoms with Gasteiger partial charge >= 0.3 is 0 Å². The summed E-state index contributed by atoms with van der Waals surface area (Å²) in [4.78, 5) is 0.866. The molecule has 1 aliphatic heterocycles. The molecule has 14 heavy (non-hydrogen) atoms. The molecule has 0 spiro atoms. The Bertz CT molecular complexity index is 216. The second-order valence-corrected chi connectivity index (χ2v) is 4.57. The van der Waals surface area contributed by atoms with Crippen LogP contribution in [0.15, 0.2) is 0 Å². The molecule has 1 rings (SSSR count). The molecule has 0 aromatic rings. The molecule has 2 nitrogen and oxygen atoms in total. The molecule has 2 N–H and O–H groups in total. The highest BCUT2D eigenvalue weighted by Gasteiger charge is 2.22. The third kappa shape index (κ3) is 3.88. The Balaban J connectivity index is 2.07. The Morgan fingerprint density at radius 3 is 2.43 bits per heavy atom. The summed E-state index contributed by atoms with van der Waals surface area (Å²) in [5.74, 6) is 0. The largest absolute Gasteiger partial charge is 0.353 e. The molecule has 1 saturated heterocycles. The lowest BCUT2D eigenvalue weighted by molar-refractivity contribution is 0.582. The molecular formula is C10H18N2S2. The quantitative estimate of drug-likeness (QED) is 0.541. The van der Waals surface area contributed by atoms with Crippen molar-refractivity contribution in [2.24, 2.45) is 0 Å². The van der Waals surface area contributed by atoms with Crippen LogP contribution in [0.4, 0.5) is 0 Å². The fraction of sp³-hybridized carbons (Fsp3) is 0.800. The lowest BCUT2D eigenvalue weighted by atomic mass is 10.1. The topological polar surface area (TPSA) is 24.1 Å². The summed E-state index contributed by atoms with van der Waals surface area (Å²) >= 11 is 10.1. The average molecular weight is 230 g/mol. The van der Waals surface area contributed by atoms with Crippen molar-refractivity contribution in [2.45, 2.75) is 51.5 Å². The predicted molar refractivity (Wildman–Crippen MR) is 68.6 cm³/mol. The molecule has 0 radical (unpaired) electrons. The van der Waals surface area contributed by atoms with Crippen LogP contribution in [0.2, 0.25) is 0 Å². The third-order valence-electron chi connectivity index (χ3n) is 2.45. The summed E-state index contributed by atoms with van der Waals surface area (Å²) in [7, 11) is 0. The summed E-state index contributed by atoms with van der Waals surface area (Å²) in [5, 5.41) is 6.83. The van der Waals surface area contributed by atoms with E-state index in [4.69, 9.17) is 24.4 Å². The minimum absolute atomic E-state index is 0.291. The first kappa shape index (κ1) is 11.9. The van der Waals surface area contributed by atoms with E-state index >= 15 is 0 Å². The van der Waals surface area contributed by atoms with Crippen molar-refractivity contribution in [1.82, 2.24) is 10.6 Å². The molecular weight excluding hydrogens is 212 g/mol. The molecule has 0 bridgehead atoms. The highest BCUT2D eigenvalue weighted by molar-refractivity contribution is 7.82. The highest BCUT2D eigenvalue weighted by Crippen LogP contribution is 2.09. The number of rotatable bonds is 6.